The average molecular weight is 266 g/mol. The highest BCUT2D eigenvalue weighted by Gasteiger charge is 2.26. The van der Waals surface area contributed by atoms with Gasteiger partial charge in [0.25, 0.3) is 0 Å². The van der Waals surface area contributed by atoms with Crippen molar-refractivity contribution in [2.45, 2.75) is 32.1 Å². The zero-order valence-corrected chi connectivity index (χ0v) is 11.1. The number of aliphatic carboxylic acids is 1. The lowest BCUT2D eigenvalue weighted by Crippen LogP contribution is -2.22. The monoisotopic (exact) mass is 266 g/mol. The summed E-state index contributed by atoms with van der Waals surface area (Å²) < 4.78 is 18.5. The summed E-state index contributed by atoms with van der Waals surface area (Å²) in [5.41, 5.74) is 0.876. The maximum atomic E-state index is 13.3. The van der Waals surface area contributed by atoms with Gasteiger partial charge in [0.1, 0.15) is 11.6 Å². The molecule has 0 bridgehead atoms. The molecule has 2 rings (SSSR count). The maximum Gasteiger partial charge on any atom is 0.306 e. The Morgan fingerprint density at radius 1 is 1.37 bits per heavy atom. The molecule has 1 fully saturated rings. The van der Waals surface area contributed by atoms with E-state index in [4.69, 9.17) is 9.84 Å². The Balaban J connectivity index is 1.99. The normalized spacial score (nSPS) is 23.1. The SMILES string of the molecule is COc1ccc(F)cc1CC1CCC(C(=O)O)CC1. The summed E-state index contributed by atoms with van der Waals surface area (Å²) in [6.07, 6.45) is 3.97. The van der Waals surface area contributed by atoms with Crippen molar-refractivity contribution in [1.29, 1.82) is 0 Å². The number of hydrogen-bond donors (Lipinski definition) is 1. The minimum Gasteiger partial charge on any atom is -0.496 e. The van der Waals surface area contributed by atoms with Crippen LogP contribution in [-0.4, -0.2) is 18.2 Å². The van der Waals surface area contributed by atoms with E-state index in [9.17, 15) is 9.18 Å². The van der Waals surface area contributed by atoms with Crippen LogP contribution in [0.25, 0.3) is 0 Å². The van der Waals surface area contributed by atoms with E-state index in [2.05, 4.69) is 0 Å². The zero-order valence-electron chi connectivity index (χ0n) is 11.1. The lowest BCUT2D eigenvalue weighted by Gasteiger charge is -2.26. The van der Waals surface area contributed by atoms with Gasteiger partial charge in [0.15, 0.2) is 0 Å². The molecule has 0 aliphatic heterocycles. The molecule has 0 spiro atoms. The molecule has 0 atom stereocenters. The van der Waals surface area contributed by atoms with Gasteiger partial charge in [-0.3, -0.25) is 4.79 Å². The van der Waals surface area contributed by atoms with Crippen molar-refractivity contribution in [2.75, 3.05) is 7.11 Å². The van der Waals surface area contributed by atoms with Crippen LogP contribution in [0.4, 0.5) is 4.39 Å². The predicted octanol–water partition coefficient (Wildman–Crippen LogP) is 3.27. The molecule has 1 aliphatic carbocycles. The van der Waals surface area contributed by atoms with E-state index in [-0.39, 0.29) is 11.7 Å². The standard InChI is InChI=1S/C15H19FO3/c1-19-14-7-6-13(16)9-12(14)8-10-2-4-11(5-3-10)15(17)18/h6-7,9-11H,2-5,8H2,1H3,(H,17,18). The fraction of sp³-hybridized carbons (Fsp3) is 0.533. The van der Waals surface area contributed by atoms with Crippen LogP contribution in [0.2, 0.25) is 0 Å². The molecule has 4 heteroatoms. The molecule has 0 unspecified atom stereocenters. The van der Waals surface area contributed by atoms with E-state index in [0.717, 1.165) is 37.7 Å². The first-order valence-corrected chi connectivity index (χ1v) is 6.65. The smallest absolute Gasteiger partial charge is 0.306 e. The molecule has 0 heterocycles. The largest absolute Gasteiger partial charge is 0.496 e. The summed E-state index contributed by atoms with van der Waals surface area (Å²) in [4.78, 5) is 10.9. The van der Waals surface area contributed by atoms with E-state index in [1.807, 2.05) is 0 Å². The molecular formula is C15H19FO3. The second-order valence-corrected chi connectivity index (χ2v) is 5.22. The van der Waals surface area contributed by atoms with Gasteiger partial charge < -0.3 is 9.84 Å². The van der Waals surface area contributed by atoms with Crippen molar-refractivity contribution in [1.82, 2.24) is 0 Å². The van der Waals surface area contributed by atoms with E-state index < -0.39 is 5.97 Å². The highest BCUT2D eigenvalue weighted by Crippen LogP contribution is 2.33. The number of benzene rings is 1. The fourth-order valence-electron chi connectivity index (χ4n) is 2.83. The van der Waals surface area contributed by atoms with Gasteiger partial charge in [-0.15, -0.1) is 0 Å². The van der Waals surface area contributed by atoms with Crippen LogP contribution in [0.3, 0.4) is 0 Å². The van der Waals surface area contributed by atoms with Crippen LogP contribution >= 0.6 is 0 Å². The number of carboxylic acid groups (broad SMARTS) is 1. The van der Waals surface area contributed by atoms with Gasteiger partial charge in [-0.05, 0) is 61.8 Å². The molecule has 1 aromatic rings. The Hall–Kier alpha value is -1.58. The fourth-order valence-corrected chi connectivity index (χ4v) is 2.83. The minimum atomic E-state index is -0.693. The highest BCUT2D eigenvalue weighted by molar-refractivity contribution is 5.70. The van der Waals surface area contributed by atoms with Gasteiger partial charge in [0.2, 0.25) is 0 Å². The van der Waals surface area contributed by atoms with E-state index in [1.165, 1.54) is 12.1 Å². The third-order valence-corrected chi connectivity index (χ3v) is 3.95. The van der Waals surface area contributed by atoms with E-state index in [0.29, 0.717) is 11.7 Å². The van der Waals surface area contributed by atoms with Crippen molar-refractivity contribution < 1.29 is 19.0 Å². The van der Waals surface area contributed by atoms with Gasteiger partial charge in [0.05, 0.1) is 13.0 Å². The van der Waals surface area contributed by atoms with Gasteiger partial charge in [-0.2, -0.15) is 0 Å². The van der Waals surface area contributed by atoms with Crippen LogP contribution < -0.4 is 4.74 Å². The second-order valence-electron chi connectivity index (χ2n) is 5.22. The van der Waals surface area contributed by atoms with Gasteiger partial charge in [-0.25, -0.2) is 4.39 Å². The number of carboxylic acids is 1. The Kier molecular flexibility index (Phi) is 4.40. The molecule has 1 aromatic carbocycles. The number of methoxy groups -OCH3 is 1. The Morgan fingerprint density at radius 3 is 2.63 bits per heavy atom. The summed E-state index contributed by atoms with van der Waals surface area (Å²) in [6.45, 7) is 0. The second kappa shape index (κ2) is 6.04. The average Bonchev–Trinajstić information content (AvgIpc) is 2.39. The minimum absolute atomic E-state index is 0.203. The summed E-state index contributed by atoms with van der Waals surface area (Å²) in [5, 5.41) is 8.96. The number of ether oxygens (including phenoxy) is 1. The Labute approximate surface area is 112 Å². The van der Waals surface area contributed by atoms with Crippen LogP contribution in [0.1, 0.15) is 31.2 Å². The van der Waals surface area contributed by atoms with Crippen molar-refractivity contribution >= 4 is 5.97 Å². The number of carbonyl (C=O) groups is 1. The first kappa shape index (κ1) is 13.8. The third kappa shape index (κ3) is 3.46. The summed E-state index contributed by atoms with van der Waals surface area (Å²) in [6, 6.07) is 4.55. The number of rotatable bonds is 4. The Bertz CT molecular complexity index is 451. The third-order valence-electron chi connectivity index (χ3n) is 3.95. The van der Waals surface area contributed by atoms with Crippen LogP contribution in [0.15, 0.2) is 18.2 Å². The number of hydrogen-bond acceptors (Lipinski definition) is 2. The van der Waals surface area contributed by atoms with E-state index >= 15 is 0 Å². The number of halogens is 1. The first-order valence-electron chi connectivity index (χ1n) is 6.65. The molecule has 19 heavy (non-hydrogen) atoms. The molecule has 1 aliphatic rings. The lowest BCUT2D eigenvalue weighted by atomic mass is 9.79. The summed E-state index contributed by atoms with van der Waals surface area (Å²) in [5.74, 6) is -0.0180. The van der Waals surface area contributed by atoms with E-state index in [1.54, 1.807) is 13.2 Å². The van der Waals surface area contributed by atoms with Gasteiger partial charge >= 0.3 is 5.97 Å². The highest BCUT2D eigenvalue weighted by atomic mass is 19.1. The quantitative estimate of drug-likeness (QED) is 0.909. The van der Waals surface area contributed by atoms with Gasteiger partial charge in [0, 0.05) is 0 Å². The van der Waals surface area contributed by atoms with Crippen LogP contribution in [-0.2, 0) is 11.2 Å². The first-order chi connectivity index (χ1) is 9.10. The van der Waals surface area contributed by atoms with Gasteiger partial charge in [-0.1, -0.05) is 0 Å². The van der Waals surface area contributed by atoms with Crippen molar-refractivity contribution in [2.24, 2.45) is 11.8 Å². The predicted molar refractivity (Wildman–Crippen MR) is 69.7 cm³/mol. The maximum absolute atomic E-state index is 13.3. The molecular weight excluding hydrogens is 247 g/mol. The molecule has 0 amide bonds. The summed E-state index contributed by atoms with van der Waals surface area (Å²) >= 11 is 0. The topological polar surface area (TPSA) is 46.5 Å². The zero-order chi connectivity index (χ0) is 13.8. The molecule has 1 N–H and O–H groups in total. The van der Waals surface area contributed by atoms with Crippen LogP contribution in [0.5, 0.6) is 5.75 Å². The van der Waals surface area contributed by atoms with Crippen molar-refractivity contribution in [3.05, 3.63) is 29.6 Å². The molecule has 0 saturated heterocycles. The van der Waals surface area contributed by atoms with Crippen molar-refractivity contribution in [3.8, 4) is 5.75 Å². The lowest BCUT2D eigenvalue weighted by molar-refractivity contribution is -0.143. The summed E-state index contributed by atoms with van der Waals surface area (Å²) in [7, 11) is 1.58. The molecule has 0 radical (unpaired) electrons. The molecule has 1 saturated carbocycles. The molecule has 3 nitrogen and oxygen atoms in total. The van der Waals surface area contributed by atoms with Crippen LogP contribution in [0, 0.1) is 17.7 Å². The molecule has 0 aromatic heterocycles. The molecule has 104 valence electrons. The van der Waals surface area contributed by atoms with Crippen molar-refractivity contribution in [3.63, 3.8) is 0 Å². The Morgan fingerprint density at radius 2 is 2.05 bits per heavy atom.